The monoisotopic (exact) mass is 343 g/mol. The van der Waals surface area contributed by atoms with Crippen LogP contribution in [-0.4, -0.2) is 46.7 Å². The maximum absolute atomic E-state index is 13.0. The lowest BCUT2D eigenvalue weighted by molar-refractivity contribution is -0.136. The molecule has 0 aliphatic carbocycles. The SMILES string of the molecule is CN(Cc1ccc[nH]1)C(=O)[C@@H]1CCCN(C(=O)c2ccc(F)cc2)C1. The van der Waals surface area contributed by atoms with Crippen molar-refractivity contribution in [1.29, 1.82) is 0 Å². The Balaban J connectivity index is 1.63. The van der Waals surface area contributed by atoms with Gasteiger partial charge in [0.05, 0.1) is 12.5 Å². The molecule has 1 aromatic carbocycles. The highest BCUT2D eigenvalue weighted by molar-refractivity contribution is 5.94. The Labute approximate surface area is 146 Å². The lowest BCUT2D eigenvalue weighted by Crippen LogP contribution is -2.45. The van der Waals surface area contributed by atoms with Gasteiger partial charge < -0.3 is 14.8 Å². The fourth-order valence-corrected chi connectivity index (χ4v) is 3.25. The molecule has 25 heavy (non-hydrogen) atoms. The van der Waals surface area contributed by atoms with E-state index >= 15 is 0 Å². The number of likely N-dealkylation sites (tertiary alicyclic amines) is 1. The van der Waals surface area contributed by atoms with E-state index in [1.807, 2.05) is 18.3 Å². The van der Waals surface area contributed by atoms with Gasteiger partial charge >= 0.3 is 0 Å². The average molecular weight is 343 g/mol. The Bertz CT molecular complexity index is 728. The minimum atomic E-state index is -0.366. The van der Waals surface area contributed by atoms with Crippen LogP contribution in [0.2, 0.25) is 0 Å². The van der Waals surface area contributed by atoms with Crippen molar-refractivity contribution in [2.24, 2.45) is 5.92 Å². The zero-order valence-electron chi connectivity index (χ0n) is 14.2. The van der Waals surface area contributed by atoms with Crippen LogP contribution in [0.3, 0.4) is 0 Å². The molecule has 1 fully saturated rings. The third-order valence-electron chi connectivity index (χ3n) is 4.60. The van der Waals surface area contributed by atoms with E-state index in [2.05, 4.69) is 4.98 Å². The second-order valence-corrected chi connectivity index (χ2v) is 6.49. The molecule has 1 atom stereocenters. The fourth-order valence-electron chi connectivity index (χ4n) is 3.25. The number of rotatable bonds is 4. The summed E-state index contributed by atoms with van der Waals surface area (Å²) < 4.78 is 13.0. The molecule has 3 rings (SSSR count). The van der Waals surface area contributed by atoms with Gasteiger partial charge in [0.1, 0.15) is 5.82 Å². The van der Waals surface area contributed by atoms with Gasteiger partial charge in [-0.1, -0.05) is 0 Å². The first-order chi connectivity index (χ1) is 12.0. The molecule has 5 nitrogen and oxygen atoms in total. The van der Waals surface area contributed by atoms with Crippen LogP contribution in [0.15, 0.2) is 42.6 Å². The maximum atomic E-state index is 13.0. The topological polar surface area (TPSA) is 56.4 Å². The minimum Gasteiger partial charge on any atom is -0.364 e. The van der Waals surface area contributed by atoms with Crippen molar-refractivity contribution in [3.63, 3.8) is 0 Å². The van der Waals surface area contributed by atoms with E-state index in [1.54, 1.807) is 16.8 Å². The number of carbonyl (C=O) groups is 2. The molecule has 0 bridgehead atoms. The average Bonchev–Trinajstić information content (AvgIpc) is 3.14. The largest absolute Gasteiger partial charge is 0.364 e. The number of hydrogen-bond acceptors (Lipinski definition) is 2. The highest BCUT2D eigenvalue weighted by atomic mass is 19.1. The van der Waals surface area contributed by atoms with Crippen molar-refractivity contribution in [2.45, 2.75) is 19.4 Å². The molecule has 132 valence electrons. The van der Waals surface area contributed by atoms with Crippen LogP contribution >= 0.6 is 0 Å². The van der Waals surface area contributed by atoms with Crippen LogP contribution in [0.5, 0.6) is 0 Å². The van der Waals surface area contributed by atoms with Crippen molar-refractivity contribution in [3.8, 4) is 0 Å². The predicted octanol–water partition coefficient (Wildman–Crippen LogP) is 2.66. The second kappa shape index (κ2) is 7.51. The third-order valence-corrected chi connectivity index (χ3v) is 4.60. The summed E-state index contributed by atoms with van der Waals surface area (Å²) in [7, 11) is 1.78. The first-order valence-corrected chi connectivity index (χ1v) is 8.46. The molecule has 0 radical (unpaired) electrons. The van der Waals surface area contributed by atoms with Crippen LogP contribution in [-0.2, 0) is 11.3 Å². The van der Waals surface area contributed by atoms with Gasteiger partial charge in [-0.2, -0.15) is 0 Å². The maximum Gasteiger partial charge on any atom is 0.253 e. The number of nitrogens with zero attached hydrogens (tertiary/aromatic N) is 2. The Morgan fingerprint density at radius 3 is 2.72 bits per heavy atom. The summed E-state index contributed by atoms with van der Waals surface area (Å²) in [5.41, 5.74) is 1.43. The van der Waals surface area contributed by atoms with Crippen molar-refractivity contribution in [1.82, 2.24) is 14.8 Å². The first-order valence-electron chi connectivity index (χ1n) is 8.46. The lowest BCUT2D eigenvalue weighted by Gasteiger charge is -2.34. The number of benzene rings is 1. The zero-order valence-corrected chi connectivity index (χ0v) is 14.2. The van der Waals surface area contributed by atoms with Gasteiger partial charge in [-0.15, -0.1) is 0 Å². The number of hydrogen-bond donors (Lipinski definition) is 1. The number of H-pyrrole nitrogens is 1. The molecule has 0 spiro atoms. The highest BCUT2D eigenvalue weighted by Gasteiger charge is 2.30. The second-order valence-electron chi connectivity index (χ2n) is 6.49. The first kappa shape index (κ1) is 17.2. The molecule has 2 heterocycles. The van der Waals surface area contributed by atoms with Crippen molar-refractivity contribution >= 4 is 11.8 Å². The number of carbonyl (C=O) groups excluding carboxylic acids is 2. The summed E-state index contributed by atoms with van der Waals surface area (Å²) in [4.78, 5) is 31.8. The number of nitrogens with one attached hydrogen (secondary N) is 1. The van der Waals surface area contributed by atoms with E-state index in [4.69, 9.17) is 0 Å². The van der Waals surface area contributed by atoms with E-state index in [0.29, 0.717) is 25.2 Å². The van der Waals surface area contributed by atoms with Crippen LogP contribution in [0, 0.1) is 11.7 Å². The molecular formula is C19H22FN3O2. The Morgan fingerprint density at radius 2 is 2.04 bits per heavy atom. The molecular weight excluding hydrogens is 321 g/mol. The summed E-state index contributed by atoms with van der Waals surface area (Å²) in [6.45, 7) is 1.55. The summed E-state index contributed by atoms with van der Waals surface area (Å²) in [5, 5.41) is 0. The smallest absolute Gasteiger partial charge is 0.253 e. The number of aromatic nitrogens is 1. The predicted molar refractivity (Wildman–Crippen MR) is 92.3 cm³/mol. The molecule has 1 aliphatic heterocycles. The molecule has 1 aromatic heterocycles. The van der Waals surface area contributed by atoms with Crippen LogP contribution in [0.4, 0.5) is 4.39 Å². The summed E-state index contributed by atoms with van der Waals surface area (Å²) in [6.07, 6.45) is 3.40. The van der Waals surface area contributed by atoms with Gasteiger partial charge in [0.2, 0.25) is 5.91 Å². The number of halogens is 1. The van der Waals surface area contributed by atoms with Gasteiger partial charge in [0.15, 0.2) is 0 Å². The van der Waals surface area contributed by atoms with Crippen LogP contribution in [0.25, 0.3) is 0 Å². The molecule has 0 unspecified atom stereocenters. The van der Waals surface area contributed by atoms with Crippen molar-refractivity contribution in [2.75, 3.05) is 20.1 Å². The molecule has 1 N–H and O–H groups in total. The molecule has 6 heteroatoms. The number of aromatic amines is 1. The molecule has 0 saturated carbocycles. The standard InChI is InChI=1S/C19H22FN3O2/c1-22(13-17-5-2-10-21-17)18(24)15-4-3-11-23(12-15)19(25)14-6-8-16(20)9-7-14/h2,5-10,15,21H,3-4,11-13H2,1H3/t15-/m1/s1. The number of amides is 2. The normalized spacial score (nSPS) is 17.4. The molecule has 1 saturated heterocycles. The van der Waals surface area contributed by atoms with Gasteiger partial charge in [-0.3, -0.25) is 9.59 Å². The van der Waals surface area contributed by atoms with Gasteiger partial charge in [-0.05, 0) is 49.2 Å². The van der Waals surface area contributed by atoms with Crippen molar-refractivity contribution in [3.05, 3.63) is 59.7 Å². The highest BCUT2D eigenvalue weighted by Crippen LogP contribution is 2.21. The fraction of sp³-hybridized carbons (Fsp3) is 0.368. The molecule has 1 aliphatic rings. The van der Waals surface area contributed by atoms with Crippen molar-refractivity contribution < 1.29 is 14.0 Å². The van der Waals surface area contributed by atoms with E-state index in [1.165, 1.54) is 24.3 Å². The zero-order chi connectivity index (χ0) is 17.8. The Morgan fingerprint density at radius 1 is 1.28 bits per heavy atom. The summed E-state index contributed by atoms with van der Waals surface area (Å²) in [5.74, 6) is -0.664. The third kappa shape index (κ3) is 4.07. The Kier molecular flexibility index (Phi) is 5.16. The van der Waals surface area contributed by atoms with Gasteiger partial charge in [0, 0.05) is 37.6 Å². The van der Waals surface area contributed by atoms with E-state index in [0.717, 1.165) is 18.5 Å². The van der Waals surface area contributed by atoms with E-state index in [-0.39, 0.29) is 23.5 Å². The molecule has 2 amide bonds. The van der Waals surface area contributed by atoms with E-state index < -0.39 is 0 Å². The minimum absolute atomic E-state index is 0.0474. The quantitative estimate of drug-likeness (QED) is 0.928. The van der Waals surface area contributed by atoms with Crippen LogP contribution in [0.1, 0.15) is 28.9 Å². The summed E-state index contributed by atoms with van der Waals surface area (Å²) in [6, 6.07) is 9.38. The molecule has 2 aromatic rings. The van der Waals surface area contributed by atoms with E-state index in [9.17, 15) is 14.0 Å². The van der Waals surface area contributed by atoms with Gasteiger partial charge in [-0.25, -0.2) is 4.39 Å². The lowest BCUT2D eigenvalue weighted by atomic mass is 9.96. The van der Waals surface area contributed by atoms with Gasteiger partial charge in [0.25, 0.3) is 5.91 Å². The summed E-state index contributed by atoms with van der Waals surface area (Å²) >= 11 is 0. The van der Waals surface area contributed by atoms with Crippen LogP contribution < -0.4 is 0 Å². The number of piperidine rings is 1. The Hall–Kier alpha value is -2.63.